The van der Waals surface area contributed by atoms with Gasteiger partial charge in [-0.05, 0) is 44.7 Å². The summed E-state index contributed by atoms with van der Waals surface area (Å²) in [5.41, 5.74) is 15.2. The highest BCUT2D eigenvalue weighted by Gasteiger charge is 2.32. The molecule has 168 valence electrons. The van der Waals surface area contributed by atoms with Crippen LogP contribution in [0.15, 0.2) is 31.0 Å². The van der Waals surface area contributed by atoms with Gasteiger partial charge in [0.1, 0.15) is 5.82 Å². The first-order valence-electron chi connectivity index (χ1n) is 11.1. The summed E-state index contributed by atoms with van der Waals surface area (Å²) in [6.45, 7) is 8.31. The predicted molar refractivity (Wildman–Crippen MR) is 128 cm³/mol. The second-order valence-corrected chi connectivity index (χ2v) is 9.90. The van der Waals surface area contributed by atoms with Crippen molar-refractivity contribution in [2.45, 2.75) is 44.7 Å². The van der Waals surface area contributed by atoms with Gasteiger partial charge >= 0.3 is 0 Å². The standard InChI is InChI=1S/C23H29N7OS/c1-14-12-30-21(26-22(14)28-10-8-16(25)13-28)11-17(27-30)18-5-3-4-9-29(18)23(31)20-7-6-19(32-20)15(2)24/h6-7,11-12,16,18H,2-5,8-10,13,24-25H2,1H3/t16-,18-/m0/s1. The van der Waals surface area contributed by atoms with Crippen molar-refractivity contribution in [3.63, 3.8) is 0 Å². The van der Waals surface area contributed by atoms with Crippen molar-refractivity contribution >= 4 is 34.4 Å². The molecule has 9 heteroatoms. The summed E-state index contributed by atoms with van der Waals surface area (Å²) in [6, 6.07) is 5.87. The van der Waals surface area contributed by atoms with Gasteiger partial charge in [-0.25, -0.2) is 9.50 Å². The summed E-state index contributed by atoms with van der Waals surface area (Å²) in [7, 11) is 0. The van der Waals surface area contributed by atoms with Gasteiger partial charge in [-0.1, -0.05) is 6.58 Å². The van der Waals surface area contributed by atoms with Crippen molar-refractivity contribution in [2.75, 3.05) is 24.5 Å². The number of amides is 1. The lowest BCUT2D eigenvalue weighted by Gasteiger charge is -2.34. The van der Waals surface area contributed by atoms with E-state index in [9.17, 15) is 4.79 Å². The normalized spacial score (nSPS) is 21.4. The third kappa shape index (κ3) is 3.75. The number of rotatable bonds is 4. The van der Waals surface area contributed by atoms with Gasteiger partial charge in [0, 0.05) is 49.2 Å². The van der Waals surface area contributed by atoms with Crippen molar-refractivity contribution < 1.29 is 4.79 Å². The highest BCUT2D eigenvalue weighted by molar-refractivity contribution is 7.15. The maximum Gasteiger partial charge on any atom is 0.264 e. The van der Waals surface area contributed by atoms with Gasteiger partial charge in [0.25, 0.3) is 5.91 Å². The van der Waals surface area contributed by atoms with Crippen LogP contribution in [0.2, 0.25) is 0 Å². The fourth-order valence-electron chi connectivity index (χ4n) is 4.73. The summed E-state index contributed by atoms with van der Waals surface area (Å²) in [6.07, 6.45) is 5.97. The number of hydrogen-bond acceptors (Lipinski definition) is 7. The van der Waals surface area contributed by atoms with Gasteiger partial charge in [0.05, 0.1) is 21.5 Å². The van der Waals surface area contributed by atoms with Crippen LogP contribution in [0.3, 0.4) is 0 Å². The molecule has 0 aromatic carbocycles. The minimum Gasteiger partial charge on any atom is -0.398 e. The minimum absolute atomic E-state index is 0.0279. The van der Waals surface area contributed by atoms with E-state index in [0.29, 0.717) is 10.6 Å². The number of hydrogen-bond donors (Lipinski definition) is 2. The molecule has 3 aromatic rings. The SMILES string of the molecule is C=C(N)c1ccc(C(=O)N2CCCC[C@H]2c2cc3nc(N4CC[C@H](N)C4)c(C)cn3n2)s1. The fourth-order valence-corrected chi connectivity index (χ4v) is 5.58. The average molecular weight is 452 g/mol. The van der Waals surface area contributed by atoms with E-state index in [1.165, 1.54) is 11.3 Å². The van der Waals surface area contributed by atoms with Crippen LogP contribution >= 0.6 is 11.3 Å². The molecule has 5 heterocycles. The predicted octanol–water partition coefficient (Wildman–Crippen LogP) is 2.93. The Morgan fingerprint density at radius 1 is 1.22 bits per heavy atom. The lowest BCUT2D eigenvalue weighted by molar-refractivity contribution is 0.0611. The number of carbonyl (C=O) groups is 1. The molecular weight excluding hydrogens is 422 g/mol. The molecule has 32 heavy (non-hydrogen) atoms. The first kappa shape index (κ1) is 21.0. The first-order valence-corrected chi connectivity index (χ1v) is 12.0. The molecular formula is C23H29N7OS. The number of thiophene rings is 1. The zero-order valence-electron chi connectivity index (χ0n) is 18.3. The number of aryl methyl sites for hydroxylation is 1. The minimum atomic E-state index is -0.0615. The van der Waals surface area contributed by atoms with Gasteiger partial charge in [0.2, 0.25) is 0 Å². The van der Waals surface area contributed by atoms with Crippen LogP contribution in [0.25, 0.3) is 11.3 Å². The topological polar surface area (TPSA) is 106 Å². The van der Waals surface area contributed by atoms with Crippen LogP contribution in [-0.2, 0) is 0 Å². The Bertz CT molecular complexity index is 1180. The third-order valence-corrected chi connectivity index (χ3v) is 7.54. The molecule has 3 aromatic heterocycles. The van der Waals surface area contributed by atoms with E-state index in [1.54, 1.807) is 0 Å². The molecule has 8 nitrogen and oxygen atoms in total. The monoisotopic (exact) mass is 451 g/mol. The van der Waals surface area contributed by atoms with Crippen LogP contribution in [0.1, 0.15) is 57.5 Å². The highest BCUT2D eigenvalue weighted by Crippen LogP contribution is 2.34. The summed E-state index contributed by atoms with van der Waals surface area (Å²) >= 11 is 1.39. The molecule has 5 rings (SSSR count). The molecule has 4 N–H and O–H groups in total. The molecule has 2 fully saturated rings. The summed E-state index contributed by atoms with van der Waals surface area (Å²) in [5, 5.41) is 4.83. The molecule has 0 spiro atoms. The Hall–Kier alpha value is -2.91. The Balaban J connectivity index is 1.45. The lowest BCUT2D eigenvalue weighted by atomic mass is 9.99. The molecule has 0 bridgehead atoms. The van der Waals surface area contributed by atoms with Crippen LogP contribution in [0, 0.1) is 6.92 Å². The number of fused-ring (bicyclic) bond motifs is 1. The first-order chi connectivity index (χ1) is 15.4. The van der Waals surface area contributed by atoms with E-state index < -0.39 is 0 Å². The Morgan fingerprint density at radius 2 is 2.03 bits per heavy atom. The van der Waals surface area contributed by atoms with Gasteiger partial charge in [-0.3, -0.25) is 4.79 Å². The Morgan fingerprint density at radius 3 is 2.75 bits per heavy atom. The van der Waals surface area contributed by atoms with Crippen LogP contribution in [0.5, 0.6) is 0 Å². The largest absolute Gasteiger partial charge is 0.398 e. The number of likely N-dealkylation sites (tertiary alicyclic amines) is 1. The lowest BCUT2D eigenvalue weighted by Crippen LogP contribution is -2.38. The van der Waals surface area contributed by atoms with E-state index in [1.807, 2.05) is 33.8 Å². The molecule has 0 unspecified atom stereocenters. The summed E-state index contributed by atoms with van der Waals surface area (Å²) < 4.78 is 1.84. The van der Waals surface area contributed by atoms with E-state index in [2.05, 4.69) is 18.4 Å². The quantitative estimate of drug-likeness (QED) is 0.632. The van der Waals surface area contributed by atoms with Gasteiger partial charge in [-0.2, -0.15) is 5.10 Å². The molecule has 2 atom stereocenters. The van der Waals surface area contributed by atoms with E-state index in [4.69, 9.17) is 21.5 Å². The summed E-state index contributed by atoms with van der Waals surface area (Å²) in [4.78, 5) is 24.0. The van der Waals surface area contributed by atoms with Crippen LogP contribution < -0.4 is 16.4 Å². The Kier molecular flexibility index (Phi) is 5.38. The van der Waals surface area contributed by atoms with Crippen molar-refractivity contribution in [1.82, 2.24) is 19.5 Å². The number of piperidine rings is 1. The molecule has 2 aliphatic rings. The molecule has 2 aliphatic heterocycles. The zero-order chi connectivity index (χ0) is 22.4. The summed E-state index contributed by atoms with van der Waals surface area (Å²) in [5.74, 6) is 1.00. The fraction of sp³-hybridized carbons (Fsp3) is 0.435. The van der Waals surface area contributed by atoms with Gasteiger partial charge in [0.15, 0.2) is 5.65 Å². The molecule has 0 aliphatic carbocycles. The van der Waals surface area contributed by atoms with Gasteiger partial charge in [-0.15, -0.1) is 11.3 Å². The Labute approximate surface area is 191 Å². The van der Waals surface area contributed by atoms with Crippen molar-refractivity contribution in [2.24, 2.45) is 11.5 Å². The van der Waals surface area contributed by atoms with E-state index in [-0.39, 0.29) is 18.0 Å². The zero-order valence-corrected chi connectivity index (χ0v) is 19.1. The number of carbonyl (C=O) groups excluding carboxylic acids is 1. The molecule has 0 saturated carbocycles. The second-order valence-electron chi connectivity index (χ2n) is 8.81. The molecule has 1 amide bonds. The van der Waals surface area contributed by atoms with Crippen LogP contribution in [0.4, 0.5) is 5.82 Å². The van der Waals surface area contributed by atoms with E-state index >= 15 is 0 Å². The smallest absolute Gasteiger partial charge is 0.264 e. The maximum atomic E-state index is 13.3. The number of anilines is 1. The van der Waals surface area contributed by atoms with E-state index in [0.717, 1.165) is 72.9 Å². The van der Waals surface area contributed by atoms with Crippen LogP contribution in [-0.4, -0.2) is 51.1 Å². The second kappa shape index (κ2) is 8.22. The molecule has 2 saturated heterocycles. The number of aromatic nitrogens is 3. The van der Waals surface area contributed by atoms with Crippen molar-refractivity contribution in [1.29, 1.82) is 0 Å². The van der Waals surface area contributed by atoms with Gasteiger partial charge < -0.3 is 21.3 Å². The average Bonchev–Trinajstić information content (AvgIpc) is 3.52. The maximum absolute atomic E-state index is 13.3. The number of nitrogens with two attached hydrogens (primary N) is 2. The molecule has 0 radical (unpaired) electrons. The highest BCUT2D eigenvalue weighted by atomic mass is 32.1. The third-order valence-electron chi connectivity index (χ3n) is 6.39. The number of nitrogens with zero attached hydrogens (tertiary/aromatic N) is 5. The van der Waals surface area contributed by atoms with Crippen molar-refractivity contribution in [3.8, 4) is 0 Å². The van der Waals surface area contributed by atoms with Crippen molar-refractivity contribution in [3.05, 3.63) is 52.0 Å².